The van der Waals surface area contributed by atoms with Crippen LogP contribution in [0.1, 0.15) is 25.0 Å². The van der Waals surface area contributed by atoms with Crippen molar-refractivity contribution in [3.05, 3.63) is 35.4 Å². The van der Waals surface area contributed by atoms with Crippen LogP contribution in [0.25, 0.3) is 0 Å². The molecule has 104 valence electrons. The Morgan fingerprint density at radius 1 is 1.37 bits per heavy atom. The van der Waals surface area contributed by atoms with Crippen LogP contribution in [0, 0.1) is 11.3 Å². The first-order valence-electron chi connectivity index (χ1n) is 5.80. The van der Waals surface area contributed by atoms with E-state index in [0.717, 1.165) is 4.31 Å². The van der Waals surface area contributed by atoms with Gasteiger partial charge in [-0.1, -0.05) is 18.2 Å². The molecule has 0 heterocycles. The van der Waals surface area contributed by atoms with Gasteiger partial charge in [0, 0.05) is 7.05 Å². The molecule has 0 saturated carbocycles. The van der Waals surface area contributed by atoms with E-state index in [1.807, 2.05) is 6.07 Å². The normalized spacial score (nSPS) is 12.4. The Hall–Kier alpha value is -1.42. The number of nitriles is 1. The lowest BCUT2D eigenvalue weighted by atomic mass is 10.1. The average Bonchev–Trinajstić information content (AvgIpc) is 2.38. The van der Waals surface area contributed by atoms with Crippen molar-refractivity contribution in [1.82, 2.24) is 4.31 Å². The maximum atomic E-state index is 12.3. The second-order valence-electron chi connectivity index (χ2n) is 4.96. The number of likely N-dealkylation sites (N-methyl/N-ethyl adjacent to an activating group) is 1. The number of hydrogen-bond acceptors (Lipinski definition) is 4. The van der Waals surface area contributed by atoms with E-state index >= 15 is 0 Å². The molecule has 0 aliphatic heterocycles. The summed E-state index contributed by atoms with van der Waals surface area (Å²) in [5.41, 5.74) is -0.0627. The van der Waals surface area contributed by atoms with Gasteiger partial charge in [-0.05, 0) is 25.5 Å². The van der Waals surface area contributed by atoms with E-state index in [1.165, 1.54) is 7.05 Å². The summed E-state index contributed by atoms with van der Waals surface area (Å²) in [6.45, 7) is 3.00. The van der Waals surface area contributed by atoms with Gasteiger partial charge >= 0.3 is 0 Å². The molecule has 0 fully saturated rings. The Morgan fingerprint density at radius 2 is 1.95 bits per heavy atom. The molecule has 1 aromatic rings. The van der Waals surface area contributed by atoms with Gasteiger partial charge in [-0.2, -0.15) is 9.57 Å². The van der Waals surface area contributed by atoms with Crippen molar-refractivity contribution in [2.24, 2.45) is 0 Å². The van der Waals surface area contributed by atoms with Gasteiger partial charge in [0.1, 0.15) is 0 Å². The third-order valence-corrected chi connectivity index (χ3v) is 5.14. The second-order valence-corrected chi connectivity index (χ2v) is 6.96. The molecule has 0 aromatic heterocycles. The minimum atomic E-state index is -3.59. The summed E-state index contributed by atoms with van der Waals surface area (Å²) in [6, 6.07) is 8.57. The quantitative estimate of drug-likeness (QED) is 0.876. The molecule has 0 aliphatic carbocycles. The zero-order chi connectivity index (χ0) is 14.7. The lowest BCUT2D eigenvalue weighted by molar-refractivity contribution is 0.138. The van der Waals surface area contributed by atoms with Crippen LogP contribution in [0.2, 0.25) is 0 Å². The lowest BCUT2D eigenvalue weighted by Gasteiger charge is -2.32. The van der Waals surface area contributed by atoms with Crippen LogP contribution in [0.4, 0.5) is 0 Å². The summed E-state index contributed by atoms with van der Waals surface area (Å²) in [7, 11) is -2.16. The topological polar surface area (TPSA) is 81.4 Å². The molecule has 0 amide bonds. The standard InChI is InChI=1S/C13H18N2O3S/c1-13(2,10-16)15(3)19(17,18)9-12-7-5-4-6-11(12)8-14/h4-7,16H,9-10H2,1-3H3. The third kappa shape index (κ3) is 3.53. The molecule has 0 radical (unpaired) electrons. The number of benzene rings is 1. The highest BCUT2D eigenvalue weighted by molar-refractivity contribution is 7.88. The van der Waals surface area contributed by atoms with Crippen molar-refractivity contribution in [2.75, 3.05) is 13.7 Å². The number of aliphatic hydroxyl groups is 1. The third-order valence-electron chi connectivity index (χ3n) is 3.13. The van der Waals surface area contributed by atoms with E-state index < -0.39 is 15.6 Å². The Bertz CT molecular complexity index is 588. The molecule has 0 atom stereocenters. The molecule has 0 aliphatic rings. The minimum Gasteiger partial charge on any atom is -0.394 e. The zero-order valence-corrected chi connectivity index (χ0v) is 12.1. The van der Waals surface area contributed by atoms with Crippen LogP contribution in [0.3, 0.4) is 0 Å². The van der Waals surface area contributed by atoms with E-state index in [2.05, 4.69) is 0 Å². The number of hydrogen-bond donors (Lipinski definition) is 1. The van der Waals surface area contributed by atoms with Crippen LogP contribution in [0.15, 0.2) is 24.3 Å². The van der Waals surface area contributed by atoms with Gasteiger partial charge in [0.2, 0.25) is 10.0 Å². The molecule has 6 heteroatoms. The number of rotatable bonds is 5. The minimum absolute atomic E-state index is 0.253. The van der Waals surface area contributed by atoms with Crippen molar-refractivity contribution in [3.63, 3.8) is 0 Å². The van der Waals surface area contributed by atoms with Crippen molar-refractivity contribution >= 4 is 10.0 Å². The zero-order valence-electron chi connectivity index (χ0n) is 11.3. The summed E-state index contributed by atoms with van der Waals surface area (Å²) < 4.78 is 25.7. The van der Waals surface area contributed by atoms with Gasteiger partial charge in [0.05, 0.1) is 29.5 Å². The summed E-state index contributed by atoms with van der Waals surface area (Å²) >= 11 is 0. The fourth-order valence-electron chi connectivity index (χ4n) is 1.52. The van der Waals surface area contributed by atoms with Gasteiger partial charge in [-0.3, -0.25) is 0 Å². The van der Waals surface area contributed by atoms with Crippen LogP contribution >= 0.6 is 0 Å². The monoisotopic (exact) mass is 282 g/mol. The summed E-state index contributed by atoms with van der Waals surface area (Å²) in [5, 5.41) is 18.2. The molecule has 19 heavy (non-hydrogen) atoms. The maximum absolute atomic E-state index is 12.3. The van der Waals surface area contributed by atoms with E-state index in [0.29, 0.717) is 11.1 Å². The molecule has 0 spiro atoms. The molecular weight excluding hydrogens is 264 g/mol. The van der Waals surface area contributed by atoms with Gasteiger partial charge in [-0.15, -0.1) is 0 Å². The smallest absolute Gasteiger partial charge is 0.218 e. The molecule has 1 rings (SSSR count). The first kappa shape index (κ1) is 15.6. The second kappa shape index (κ2) is 5.70. The van der Waals surface area contributed by atoms with Crippen molar-refractivity contribution in [3.8, 4) is 6.07 Å². The van der Waals surface area contributed by atoms with Gasteiger partial charge in [0.25, 0.3) is 0 Å². The fourth-order valence-corrected chi connectivity index (χ4v) is 3.17. The van der Waals surface area contributed by atoms with Gasteiger partial charge < -0.3 is 5.11 Å². The van der Waals surface area contributed by atoms with Gasteiger partial charge in [0.15, 0.2) is 0 Å². The molecule has 5 nitrogen and oxygen atoms in total. The molecule has 0 bridgehead atoms. The number of sulfonamides is 1. The van der Waals surface area contributed by atoms with E-state index in [9.17, 15) is 13.5 Å². The maximum Gasteiger partial charge on any atom is 0.218 e. The van der Waals surface area contributed by atoms with E-state index in [-0.39, 0.29) is 12.4 Å². The highest BCUT2D eigenvalue weighted by Gasteiger charge is 2.32. The number of aliphatic hydroxyl groups excluding tert-OH is 1. The Labute approximate surface area is 114 Å². The summed E-state index contributed by atoms with van der Waals surface area (Å²) in [6.07, 6.45) is 0. The highest BCUT2D eigenvalue weighted by atomic mass is 32.2. The van der Waals surface area contributed by atoms with Crippen LogP contribution in [-0.2, 0) is 15.8 Å². The van der Waals surface area contributed by atoms with Crippen LogP contribution in [-0.4, -0.2) is 37.0 Å². The summed E-state index contributed by atoms with van der Waals surface area (Å²) in [4.78, 5) is 0. The molecule has 1 N–H and O–H groups in total. The molecular formula is C13H18N2O3S. The van der Waals surface area contributed by atoms with E-state index in [1.54, 1.807) is 38.1 Å². The van der Waals surface area contributed by atoms with Crippen LogP contribution < -0.4 is 0 Å². The van der Waals surface area contributed by atoms with E-state index in [4.69, 9.17) is 5.26 Å². The lowest BCUT2D eigenvalue weighted by Crippen LogP contribution is -2.47. The summed E-state index contributed by atoms with van der Waals surface area (Å²) in [5.74, 6) is -0.253. The first-order chi connectivity index (χ1) is 8.74. The van der Waals surface area contributed by atoms with Crippen LogP contribution in [0.5, 0.6) is 0 Å². The van der Waals surface area contributed by atoms with Crippen molar-refractivity contribution in [2.45, 2.75) is 25.1 Å². The SMILES string of the molecule is CN(C(C)(C)CO)S(=O)(=O)Cc1ccccc1C#N. The molecule has 0 unspecified atom stereocenters. The predicted molar refractivity (Wildman–Crippen MR) is 72.7 cm³/mol. The predicted octanol–water partition coefficient (Wildman–Crippen LogP) is 1.09. The Balaban J connectivity index is 3.08. The fraction of sp³-hybridized carbons (Fsp3) is 0.462. The molecule has 1 aromatic carbocycles. The first-order valence-corrected chi connectivity index (χ1v) is 7.41. The highest BCUT2D eigenvalue weighted by Crippen LogP contribution is 2.20. The number of nitrogens with zero attached hydrogens (tertiary/aromatic N) is 2. The Morgan fingerprint density at radius 3 is 2.47 bits per heavy atom. The average molecular weight is 282 g/mol. The Kier molecular flexibility index (Phi) is 4.69. The van der Waals surface area contributed by atoms with Crippen molar-refractivity contribution in [1.29, 1.82) is 5.26 Å². The van der Waals surface area contributed by atoms with Crippen molar-refractivity contribution < 1.29 is 13.5 Å². The largest absolute Gasteiger partial charge is 0.394 e. The molecule has 0 saturated heterocycles. The van der Waals surface area contributed by atoms with Gasteiger partial charge in [-0.25, -0.2) is 8.42 Å².